The van der Waals surface area contributed by atoms with Gasteiger partial charge in [-0.1, -0.05) is 60.3 Å². The molecule has 1 atom stereocenters. The van der Waals surface area contributed by atoms with E-state index in [0.29, 0.717) is 29.2 Å². The molecule has 3 aromatic rings. The molecule has 0 bridgehead atoms. The number of aromatic nitrogens is 1. The van der Waals surface area contributed by atoms with Gasteiger partial charge in [-0.15, -0.1) is 0 Å². The Kier molecular flexibility index (Phi) is 5.41. The van der Waals surface area contributed by atoms with E-state index in [9.17, 15) is 14.7 Å². The van der Waals surface area contributed by atoms with E-state index in [4.69, 9.17) is 9.26 Å². The van der Waals surface area contributed by atoms with E-state index in [2.05, 4.69) is 11.7 Å². The molecule has 31 heavy (non-hydrogen) atoms. The third-order valence-electron chi connectivity index (χ3n) is 4.90. The Morgan fingerprint density at radius 2 is 1.97 bits per heavy atom. The van der Waals surface area contributed by atoms with Crippen molar-refractivity contribution >= 4 is 23.3 Å². The molecule has 1 saturated heterocycles. The molecule has 0 spiro atoms. The highest BCUT2D eigenvalue weighted by Gasteiger charge is 2.48. The van der Waals surface area contributed by atoms with Gasteiger partial charge in [0.25, 0.3) is 5.78 Å². The first kappa shape index (κ1) is 20.2. The van der Waals surface area contributed by atoms with Crippen molar-refractivity contribution in [1.29, 1.82) is 0 Å². The molecule has 1 amide bonds. The van der Waals surface area contributed by atoms with Crippen molar-refractivity contribution in [3.05, 3.63) is 95.8 Å². The molecule has 0 aliphatic carbocycles. The Labute approximate surface area is 178 Å². The molecule has 7 nitrogen and oxygen atoms in total. The minimum absolute atomic E-state index is 0.0299. The monoisotopic (exact) mass is 416 g/mol. The summed E-state index contributed by atoms with van der Waals surface area (Å²) in [6.07, 6.45) is 1.62. The quantitative estimate of drug-likeness (QED) is 0.281. The van der Waals surface area contributed by atoms with E-state index >= 15 is 0 Å². The van der Waals surface area contributed by atoms with Crippen LogP contribution in [0.5, 0.6) is 5.75 Å². The molecular formula is C24H20N2O5. The number of Topliss-reactive ketones (excluding diaryl/α,β-unsaturated/α-hetero) is 1. The van der Waals surface area contributed by atoms with E-state index in [1.165, 1.54) is 4.90 Å². The third-order valence-corrected chi connectivity index (χ3v) is 4.90. The fourth-order valence-electron chi connectivity index (χ4n) is 3.53. The van der Waals surface area contributed by atoms with Crippen LogP contribution in [0.2, 0.25) is 0 Å². The van der Waals surface area contributed by atoms with Gasteiger partial charge in [0.15, 0.2) is 5.82 Å². The number of carbonyl (C=O) groups excluding carboxylic acids is 2. The van der Waals surface area contributed by atoms with Crippen molar-refractivity contribution in [3.8, 4) is 5.75 Å². The number of amides is 1. The zero-order valence-corrected chi connectivity index (χ0v) is 16.8. The fourth-order valence-corrected chi connectivity index (χ4v) is 3.53. The molecule has 1 aliphatic rings. The molecule has 156 valence electrons. The Hall–Kier alpha value is -4.13. The highest BCUT2D eigenvalue weighted by molar-refractivity contribution is 6.51. The van der Waals surface area contributed by atoms with Crippen LogP contribution in [0.1, 0.15) is 22.9 Å². The normalized spacial score (nSPS) is 17.7. The highest BCUT2D eigenvalue weighted by Crippen LogP contribution is 2.42. The number of rotatable bonds is 6. The van der Waals surface area contributed by atoms with Crippen LogP contribution in [0.4, 0.5) is 5.82 Å². The standard InChI is InChI=1S/C24H20N2O5/c1-3-12-30-18-11-7-10-17(14-18)21-20(22(27)16-8-5-4-6-9-16)23(28)24(29)26(21)19-13-15(2)31-25-19/h3-11,13-14,21,27H,1,12H2,2H3/t21-/m1/s1. The van der Waals surface area contributed by atoms with Crippen LogP contribution >= 0.6 is 0 Å². The van der Waals surface area contributed by atoms with Gasteiger partial charge in [-0.3, -0.25) is 14.5 Å². The minimum atomic E-state index is -0.906. The van der Waals surface area contributed by atoms with Crippen LogP contribution in [-0.4, -0.2) is 28.6 Å². The van der Waals surface area contributed by atoms with E-state index in [1.807, 2.05) is 0 Å². The number of ketones is 1. The van der Waals surface area contributed by atoms with E-state index in [1.54, 1.807) is 73.7 Å². The fraction of sp³-hybridized carbons (Fsp3) is 0.125. The van der Waals surface area contributed by atoms with Crippen molar-refractivity contribution in [2.75, 3.05) is 11.5 Å². The van der Waals surface area contributed by atoms with Gasteiger partial charge in [0.2, 0.25) is 0 Å². The number of hydrogen-bond donors (Lipinski definition) is 1. The first-order chi connectivity index (χ1) is 15.0. The number of benzene rings is 2. The summed E-state index contributed by atoms with van der Waals surface area (Å²) in [6.45, 7) is 5.63. The summed E-state index contributed by atoms with van der Waals surface area (Å²) in [6, 6.07) is 16.3. The van der Waals surface area contributed by atoms with Crippen LogP contribution in [0.3, 0.4) is 0 Å². The maximum Gasteiger partial charge on any atom is 0.301 e. The maximum absolute atomic E-state index is 13.0. The Balaban J connectivity index is 1.91. The molecule has 4 rings (SSSR count). The van der Waals surface area contributed by atoms with Gasteiger partial charge in [-0.05, 0) is 24.6 Å². The Morgan fingerprint density at radius 3 is 2.65 bits per heavy atom. The number of ether oxygens (including phenoxy) is 1. The van der Waals surface area contributed by atoms with Gasteiger partial charge in [0, 0.05) is 11.6 Å². The van der Waals surface area contributed by atoms with Crippen LogP contribution < -0.4 is 9.64 Å². The largest absolute Gasteiger partial charge is 0.507 e. The second-order valence-electron chi connectivity index (χ2n) is 7.00. The summed E-state index contributed by atoms with van der Waals surface area (Å²) in [4.78, 5) is 27.3. The molecule has 1 aliphatic heterocycles. The van der Waals surface area contributed by atoms with Crippen LogP contribution in [0.25, 0.3) is 5.76 Å². The summed E-state index contributed by atoms with van der Waals surface area (Å²) in [7, 11) is 0. The zero-order valence-electron chi connectivity index (χ0n) is 16.8. The van der Waals surface area contributed by atoms with E-state index in [-0.39, 0.29) is 17.2 Å². The second kappa shape index (κ2) is 8.31. The predicted molar refractivity (Wildman–Crippen MR) is 115 cm³/mol. The lowest BCUT2D eigenvalue weighted by Crippen LogP contribution is -2.29. The summed E-state index contributed by atoms with van der Waals surface area (Å²) in [5.74, 6) is -0.642. The minimum Gasteiger partial charge on any atom is -0.507 e. The molecule has 0 unspecified atom stereocenters. The summed E-state index contributed by atoms with van der Waals surface area (Å²) in [5, 5.41) is 14.9. The molecule has 1 N–H and O–H groups in total. The van der Waals surface area contributed by atoms with Gasteiger partial charge in [0.05, 0.1) is 11.6 Å². The second-order valence-corrected chi connectivity index (χ2v) is 7.00. The van der Waals surface area contributed by atoms with Crippen LogP contribution in [0.15, 0.2) is 83.4 Å². The van der Waals surface area contributed by atoms with Crippen LogP contribution in [0, 0.1) is 6.92 Å². The lowest BCUT2D eigenvalue weighted by Gasteiger charge is -2.23. The molecule has 0 saturated carbocycles. The number of carbonyl (C=O) groups is 2. The number of anilines is 1. The highest BCUT2D eigenvalue weighted by atomic mass is 16.5. The molecular weight excluding hydrogens is 396 g/mol. The van der Waals surface area contributed by atoms with Crippen molar-refractivity contribution < 1.29 is 24.0 Å². The predicted octanol–water partition coefficient (Wildman–Crippen LogP) is 4.17. The summed E-state index contributed by atoms with van der Waals surface area (Å²) < 4.78 is 10.7. The molecule has 1 aromatic heterocycles. The zero-order chi connectivity index (χ0) is 22.0. The number of hydrogen-bond acceptors (Lipinski definition) is 6. The number of aliphatic hydroxyl groups is 1. The molecule has 7 heteroatoms. The topological polar surface area (TPSA) is 92.9 Å². The molecule has 2 heterocycles. The van der Waals surface area contributed by atoms with Gasteiger partial charge in [-0.2, -0.15) is 0 Å². The van der Waals surface area contributed by atoms with Crippen molar-refractivity contribution in [3.63, 3.8) is 0 Å². The number of aliphatic hydroxyl groups excluding tert-OH is 1. The number of nitrogens with zero attached hydrogens (tertiary/aromatic N) is 2. The Morgan fingerprint density at radius 1 is 1.19 bits per heavy atom. The summed E-state index contributed by atoms with van der Waals surface area (Å²) >= 11 is 0. The Bertz CT molecular complexity index is 1180. The van der Waals surface area contributed by atoms with Gasteiger partial charge >= 0.3 is 5.91 Å². The van der Waals surface area contributed by atoms with E-state index < -0.39 is 17.7 Å². The van der Waals surface area contributed by atoms with Crippen molar-refractivity contribution in [2.24, 2.45) is 0 Å². The van der Waals surface area contributed by atoms with Gasteiger partial charge in [0.1, 0.15) is 23.9 Å². The van der Waals surface area contributed by atoms with Crippen molar-refractivity contribution in [1.82, 2.24) is 5.16 Å². The summed E-state index contributed by atoms with van der Waals surface area (Å²) in [5.41, 5.74) is 0.984. The molecule has 0 radical (unpaired) electrons. The lowest BCUT2D eigenvalue weighted by molar-refractivity contribution is -0.132. The first-order valence-corrected chi connectivity index (χ1v) is 9.64. The molecule has 1 fully saturated rings. The van der Waals surface area contributed by atoms with Crippen molar-refractivity contribution in [2.45, 2.75) is 13.0 Å². The van der Waals surface area contributed by atoms with Crippen LogP contribution in [-0.2, 0) is 9.59 Å². The average Bonchev–Trinajstić information content (AvgIpc) is 3.33. The SMILES string of the molecule is C=CCOc1cccc([C@@H]2C(=C(O)c3ccccc3)C(=O)C(=O)N2c2cc(C)on2)c1. The maximum atomic E-state index is 13.0. The number of aryl methyl sites for hydroxylation is 1. The van der Waals surface area contributed by atoms with Gasteiger partial charge in [-0.25, -0.2) is 0 Å². The average molecular weight is 416 g/mol. The third kappa shape index (κ3) is 3.73. The van der Waals surface area contributed by atoms with E-state index in [0.717, 1.165) is 0 Å². The smallest absolute Gasteiger partial charge is 0.301 e. The molecule has 2 aromatic carbocycles. The lowest BCUT2D eigenvalue weighted by atomic mass is 9.95. The first-order valence-electron chi connectivity index (χ1n) is 9.64. The van der Waals surface area contributed by atoms with Gasteiger partial charge < -0.3 is 14.4 Å².